The molecule has 0 radical (unpaired) electrons. The van der Waals surface area contributed by atoms with Gasteiger partial charge in [0.2, 0.25) is 5.91 Å². The maximum absolute atomic E-state index is 12.6. The van der Waals surface area contributed by atoms with Gasteiger partial charge in [0.1, 0.15) is 0 Å². The molecule has 3 amide bonds. The smallest absolute Gasteiger partial charge is 0.253 e. The highest BCUT2D eigenvalue weighted by molar-refractivity contribution is 6.04. The number of likely N-dealkylation sites (tertiary alicyclic amines) is 1. The minimum absolute atomic E-state index is 0.000536. The molecule has 2 aromatic carbocycles. The van der Waals surface area contributed by atoms with Crippen molar-refractivity contribution in [1.82, 2.24) is 10.2 Å². The number of anilines is 1. The lowest BCUT2D eigenvalue weighted by molar-refractivity contribution is -0.121. The number of amides is 3. The van der Waals surface area contributed by atoms with Crippen LogP contribution in [0.1, 0.15) is 33.6 Å². The van der Waals surface area contributed by atoms with Crippen LogP contribution in [0.2, 0.25) is 0 Å². The van der Waals surface area contributed by atoms with Crippen LogP contribution in [0.3, 0.4) is 0 Å². The lowest BCUT2D eigenvalue weighted by atomic mass is 9.95. The van der Waals surface area contributed by atoms with Gasteiger partial charge in [0.15, 0.2) is 0 Å². The highest BCUT2D eigenvalue weighted by atomic mass is 16.2. The Labute approximate surface area is 158 Å². The van der Waals surface area contributed by atoms with Gasteiger partial charge in [-0.15, -0.1) is 0 Å². The topological polar surface area (TPSA) is 78.5 Å². The Morgan fingerprint density at radius 2 is 1.56 bits per heavy atom. The summed E-state index contributed by atoms with van der Waals surface area (Å²) in [6.45, 7) is 1.09. The highest BCUT2D eigenvalue weighted by Crippen LogP contribution is 2.22. The van der Waals surface area contributed by atoms with E-state index in [0.717, 1.165) is 0 Å². The number of carbonyl (C=O) groups is 3. The molecule has 6 nitrogen and oxygen atoms in total. The second-order valence-electron chi connectivity index (χ2n) is 6.55. The molecule has 3 rings (SSSR count). The van der Waals surface area contributed by atoms with Gasteiger partial charge in [-0.05, 0) is 37.1 Å². The molecule has 2 aromatic rings. The number of carbonyl (C=O) groups excluding carboxylic acids is 3. The van der Waals surface area contributed by atoms with E-state index >= 15 is 0 Å². The van der Waals surface area contributed by atoms with Gasteiger partial charge < -0.3 is 15.5 Å². The lowest BCUT2D eigenvalue weighted by Gasteiger charge is -2.31. The molecule has 0 spiro atoms. The van der Waals surface area contributed by atoms with Crippen molar-refractivity contribution in [3.63, 3.8) is 0 Å². The van der Waals surface area contributed by atoms with E-state index in [1.807, 2.05) is 18.2 Å². The van der Waals surface area contributed by atoms with E-state index in [4.69, 9.17) is 0 Å². The molecule has 6 heteroatoms. The first-order valence-electron chi connectivity index (χ1n) is 9.06. The van der Waals surface area contributed by atoms with E-state index in [2.05, 4.69) is 10.6 Å². The van der Waals surface area contributed by atoms with Gasteiger partial charge in [-0.1, -0.05) is 30.3 Å². The Hall–Kier alpha value is -3.15. The minimum Gasteiger partial charge on any atom is -0.355 e. The molecule has 1 heterocycles. The Morgan fingerprint density at radius 3 is 2.22 bits per heavy atom. The minimum atomic E-state index is -0.242. The Balaban J connectivity index is 1.60. The summed E-state index contributed by atoms with van der Waals surface area (Å²) < 4.78 is 0. The van der Waals surface area contributed by atoms with Crippen molar-refractivity contribution < 1.29 is 14.4 Å². The Morgan fingerprint density at radius 1 is 0.926 bits per heavy atom. The molecule has 0 aliphatic carbocycles. The zero-order valence-electron chi connectivity index (χ0n) is 15.3. The monoisotopic (exact) mass is 365 g/mol. The average molecular weight is 365 g/mol. The van der Waals surface area contributed by atoms with Crippen LogP contribution in [0.15, 0.2) is 54.6 Å². The third-order valence-corrected chi connectivity index (χ3v) is 4.83. The predicted octanol–water partition coefficient (Wildman–Crippen LogP) is 2.54. The molecule has 140 valence electrons. The van der Waals surface area contributed by atoms with Gasteiger partial charge in [-0.25, -0.2) is 0 Å². The van der Waals surface area contributed by atoms with Crippen molar-refractivity contribution in [1.29, 1.82) is 0 Å². The van der Waals surface area contributed by atoms with Gasteiger partial charge in [-0.3, -0.25) is 14.4 Å². The fourth-order valence-corrected chi connectivity index (χ4v) is 3.27. The first kappa shape index (κ1) is 18.6. The van der Waals surface area contributed by atoms with Gasteiger partial charge in [0.25, 0.3) is 11.8 Å². The lowest BCUT2D eigenvalue weighted by Crippen LogP contribution is -2.41. The Kier molecular flexibility index (Phi) is 5.86. The molecule has 0 aromatic heterocycles. The molecule has 1 aliphatic rings. The second-order valence-corrected chi connectivity index (χ2v) is 6.55. The summed E-state index contributed by atoms with van der Waals surface area (Å²) in [5.74, 6) is -0.533. The van der Waals surface area contributed by atoms with Crippen LogP contribution in [0, 0.1) is 5.92 Å². The number of hydrogen-bond acceptors (Lipinski definition) is 3. The highest BCUT2D eigenvalue weighted by Gasteiger charge is 2.28. The van der Waals surface area contributed by atoms with E-state index in [1.54, 1.807) is 48.3 Å². The van der Waals surface area contributed by atoms with Crippen molar-refractivity contribution in [2.75, 3.05) is 25.5 Å². The van der Waals surface area contributed by atoms with E-state index in [1.165, 1.54) is 0 Å². The molecule has 1 saturated heterocycles. The fraction of sp³-hybridized carbons (Fsp3) is 0.286. The maximum Gasteiger partial charge on any atom is 0.253 e. The largest absolute Gasteiger partial charge is 0.355 e. The number of para-hydroxylation sites is 1. The molecule has 0 bridgehead atoms. The van der Waals surface area contributed by atoms with Crippen LogP contribution in [0.4, 0.5) is 5.69 Å². The number of piperidine rings is 1. The van der Waals surface area contributed by atoms with Gasteiger partial charge in [0, 0.05) is 31.6 Å². The predicted molar refractivity (Wildman–Crippen MR) is 104 cm³/mol. The first-order valence-corrected chi connectivity index (χ1v) is 9.06. The van der Waals surface area contributed by atoms with E-state index in [0.29, 0.717) is 42.7 Å². The zero-order chi connectivity index (χ0) is 19.2. The number of nitrogens with zero attached hydrogens (tertiary/aromatic N) is 1. The first-order chi connectivity index (χ1) is 13.1. The quantitative estimate of drug-likeness (QED) is 0.874. The van der Waals surface area contributed by atoms with Crippen LogP contribution >= 0.6 is 0 Å². The summed E-state index contributed by atoms with van der Waals surface area (Å²) in [4.78, 5) is 38.9. The van der Waals surface area contributed by atoms with Crippen molar-refractivity contribution >= 4 is 23.4 Å². The second kappa shape index (κ2) is 8.49. The Bertz CT molecular complexity index is 828. The molecule has 1 aliphatic heterocycles. The van der Waals surface area contributed by atoms with Gasteiger partial charge in [0.05, 0.1) is 11.3 Å². The summed E-state index contributed by atoms with van der Waals surface area (Å²) in [6.07, 6.45) is 1.21. The summed E-state index contributed by atoms with van der Waals surface area (Å²) in [6, 6.07) is 16.1. The number of hydrogen-bond donors (Lipinski definition) is 2. The van der Waals surface area contributed by atoms with Crippen LogP contribution < -0.4 is 10.6 Å². The van der Waals surface area contributed by atoms with Crippen molar-refractivity contribution in [2.45, 2.75) is 12.8 Å². The van der Waals surface area contributed by atoms with Crippen LogP contribution in [0.25, 0.3) is 0 Å². The SMILES string of the molecule is CNC(=O)c1ccccc1NC(=O)C1CCN(C(=O)c2ccccc2)CC1. The summed E-state index contributed by atoms with van der Waals surface area (Å²) >= 11 is 0. The third-order valence-electron chi connectivity index (χ3n) is 4.83. The van der Waals surface area contributed by atoms with Gasteiger partial charge >= 0.3 is 0 Å². The molecule has 0 atom stereocenters. The molecule has 0 saturated carbocycles. The maximum atomic E-state index is 12.6. The van der Waals surface area contributed by atoms with Crippen LogP contribution in [0.5, 0.6) is 0 Å². The average Bonchev–Trinajstić information content (AvgIpc) is 2.73. The number of nitrogens with one attached hydrogen (secondary N) is 2. The molecule has 2 N–H and O–H groups in total. The standard InChI is InChI=1S/C21H23N3O3/c1-22-20(26)17-9-5-6-10-18(17)23-19(25)15-11-13-24(14-12-15)21(27)16-7-3-2-4-8-16/h2-10,15H,11-14H2,1H3,(H,22,26)(H,23,25). The summed E-state index contributed by atoms with van der Waals surface area (Å²) in [5, 5.41) is 5.44. The van der Waals surface area contributed by atoms with Crippen LogP contribution in [-0.4, -0.2) is 42.8 Å². The van der Waals surface area contributed by atoms with E-state index in [-0.39, 0.29) is 23.6 Å². The molecular weight excluding hydrogens is 342 g/mol. The third kappa shape index (κ3) is 4.34. The molecule has 27 heavy (non-hydrogen) atoms. The number of rotatable bonds is 4. The van der Waals surface area contributed by atoms with E-state index < -0.39 is 0 Å². The molecule has 1 fully saturated rings. The van der Waals surface area contributed by atoms with Crippen molar-refractivity contribution in [3.05, 3.63) is 65.7 Å². The molecular formula is C21H23N3O3. The van der Waals surface area contributed by atoms with Crippen molar-refractivity contribution in [3.8, 4) is 0 Å². The summed E-state index contributed by atoms with van der Waals surface area (Å²) in [7, 11) is 1.56. The van der Waals surface area contributed by atoms with E-state index in [9.17, 15) is 14.4 Å². The zero-order valence-corrected chi connectivity index (χ0v) is 15.3. The normalized spacial score (nSPS) is 14.5. The van der Waals surface area contributed by atoms with Crippen LogP contribution in [-0.2, 0) is 4.79 Å². The van der Waals surface area contributed by atoms with Crippen molar-refractivity contribution in [2.24, 2.45) is 5.92 Å². The molecule has 0 unspecified atom stereocenters. The number of benzene rings is 2. The summed E-state index contributed by atoms with van der Waals surface area (Å²) in [5.41, 5.74) is 1.61. The van der Waals surface area contributed by atoms with Gasteiger partial charge in [-0.2, -0.15) is 0 Å². The fourth-order valence-electron chi connectivity index (χ4n) is 3.27.